The first-order valence-electron chi connectivity index (χ1n) is 11.3. The molecule has 1 aliphatic heterocycles. The fourth-order valence-electron chi connectivity index (χ4n) is 3.88. The van der Waals surface area contributed by atoms with E-state index in [0.717, 1.165) is 5.56 Å². The summed E-state index contributed by atoms with van der Waals surface area (Å²) in [5.41, 5.74) is 0.784. The highest BCUT2D eigenvalue weighted by atomic mass is 19.1. The average molecular weight is 473 g/mol. The molecule has 2 aromatic rings. The van der Waals surface area contributed by atoms with Crippen molar-refractivity contribution in [2.75, 3.05) is 25.6 Å². The largest absolute Gasteiger partial charge is 0.481 e. The van der Waals surface area contributed by atoms with Crippen molar-refractivity contribution < 1.29 is 23.5 Å². The topological polar surface area (TPSA) is 84.0 Å². The summed E-state index contributed by atoms with van der Waals surface area (Å²) in [4.78, 5) is 32.8. The Morgan fingerprint density at radius 3 is 2.62 bits per heavy atom. The fourth-order valence-corrected chi connectivity index (χ4v) is 3.88. The summed E-state index contributed by atoms with van der Waals surface area (Å²) < 4.78 is 25.7. The Morgan fingerprint density at radius 1 is 1.26 bits per heavy atom. The van der Waals surface area contributed by atoms with Crippen molar-refractivity contribution in [1.82, 2.24) is 15.2 Å². The highest BCUT2D eigenvalue weighted by Gasteiger charge is 2.36. The maximum absolute atomic E-state index is 14.9. The quantitative estimate of drug-likeness (QED) is 0.659. The number of carbonyl (C=O) groups is 2. The van der Waals surface area contributed by atoms with Crippen LogP contribution in [-0.4, -0.2) is 54.2 Å². The minimum Gasteiger partial charge on any atom is -0.481 e. The lowest BCUT2D eigenvalue weighted by Crippen LogP contribution is -2.47. The van der Waals surface area contributed by atoms with Crippen molar-refractivity contribution in [3.8, 4) is 5.88 Å². The van der Waals surface area contributed by atoms with Crippen molar-refractivity contribution >= 4 is 17.8 Å². The van der Waals surface area contributed by atoms with Crippen molar-refractivity contribution in [3.05, 3.63) is 53.3 Å². The molecule has 9 heteroatoms. The molecule has 2 heterocycles. The smallest absolute Gasteiger partial charge is 0.410 e. The highest BCUT2D eigenvalue weighted by Crippen LogP contribution is 2.26. The Labute approximate surface area is 200 Å². The number of likely N-dealkylation sites (tertiary alicyclic amines) is 1. The fraction of sp³-hybridized carbons (Fsp3) is 0.480. The normalized spacial score (nSPS) is 15.7. The molecule has 1 N–H and O–H groups in total. The second-order valence-corrected chi connectivity index (χ2v) is 9.35. The van der Waals surface area contributed by atoms with Crippen LogP contribution in [0.2, 0.25) is 0 Å². The summed E-state index contributed by atoms with van der Waals surface area (Å²) in [6, 6.07) is 10.4. The molecule has 0 aliphatic carbocycles. The van der Waals surface area contributed by atoms with Crippen LogP contribution in [0.5, 0.6) is 5.88 Å². The number of halogens is 1. The van der Waals surface area contributed by atoms with E-state index in [0.29, 0.717) is 31.5 Å². The summed E-state index contributed by atoms with van der Waals surface area (Å²) in [5.74, 6) is -0.453. The van der Waals surface area contributed by atoms with Gasteiger partial charge in [0.05, 0.1) is 7.11 Å². The number of pyridine rings is 1. The number of rotatable bonds is 7. The first-order chi connectivity index (χ1) is 16.1. The van der Waals surface area contributed by atoms with Crippen molar-refractivity contribution in [2.45, 2.75) is 58.3 Å². The SMILES string of the molecule is COc1nc(N(C)Cc2ccccc2)c(F)cc1CNC(=O)[C@@H]1CCCN1C(=O)OC(C)(C)C. The average Bonchev–Trinajstić information content (AvgIpc) is 3.27. The standard InChI is InChI=1S/C25H33FN4O4/c1-25(2,3)34-24(32)30-13-9-12-20(30)22(31)27-15-18-14-19(26)21(28-23(18)33-5)29(4)16-17-10-7-6-8-11-17/h6-8,10-11,14,20H,9,12-13,15-16H2,1-5H3,(H,27,31)/t20-/m0/s1. The van der Waals surface area contributed by atoms with E-state index < -0.39 is 23.6 Å². The molecular formula is C25H33FN4O4. The first-order valence-corrected chi connectivity index (χ1v) is 11.3. The predicted octanol–water partition coefficient (Wildman–Crippen LogP) is 3.88. The molecule has 2 amide bonds. The van der Waals surface area contributed by atoms with Crippen molar-refractivity contribution in [2.24, 2.45) is 0 Å². The van der Waals surface area contributed by atoms with E-state index in [-0.39, 0.29) is 24.1 Å². The molecule has 0 unspecified atom stereocenters. The summed E-state index contributed by atoms with van der Waals surface area (Å²) in [6.07, 6.45) is 0.735. The van der Waals surface area contributed by atoms with Gasteiger partial charge in [-0.2, -0.15) is 4.98 Å². The van der Waals surface area contributed by atoms with Crippen LogP contribution in [0.1, 0.15) is 44.7 Å². The lowest BCUT2D eigenvalue weighted by molar-refractivity contribution is -0.125. The molecule has 1 aliphatic rings. The Bertz CT molecular complexity index is 1010. The maximum atomic E-state index is 14.9. The summed E-state index contributed by atoms with van der Waals surface area (Å²) in [7, 11) is 3.21. The monoisotopic (exact) mass is 472 g/mol. The minimum atomic E-state index is -0.646. The van der Waals surface area contributed by atoms with Gasteiger partial charge in [-0.25, -0.2) is 9.18 Å². The molecule has 1 saturated heterocycles. The third kappa shape index (κ3) is 6.36. The van der Waals surface area contributed by atoms with E-state index in [4.69, 9.17) is 9.47 Å². The van der Waals surface area contributed by atoms with Gasteiger partial charge >= 0.3 is 6.09 Å². The van der Waals surface area contributed by atoms with E-state index in [9.17, 15) is 14.0 Å². The molecule has 0 saturated carbocycles. The molecule has 3 rings (SSSR count). The molecule has 8 nitrogen and oxygen atoms in total. The summed E-state index contributed by atoms with van der Waals surface area (Å²) in [6.45, 7) is 6.30. The number of ether oxygens (including phenoxy) is 2. The molecule has 184 valence electrons. The second-order valence-electron chi connectivity index (χ2n) is 9.35. The van der Waals surface area contributed by atoms with E-state index in [1.807, 2.05) is 30.3 Å². The molecule has 1 fully saturated rings. The zero-order valence-corrected chi connectivity index (χ0v) is 20.4. The number of hydrogen-bond donors (Lipinski definition) is 1. The van der Waals surface area contributed by atoms with Crippen LogP contribution >= 0.6 is 0 Å². The Morgan fingerprint density at radius 2 is 1.97 bits per heavy atom. The van der Waals surface area contributed by atoms with E-state index in [1.54, 1.807) is 32.7 Å². The molecule has 0 spiro atoms. The van der Waals surface area contributed by atoms with Crippen LogP contribution < -0.4 is 15.0 Å². The third-order valence-electron chi connectivity index (χ3n) is 5.45. The van der Waals surface area contributed by atoms with E-state index >= 15 is 0 Å². The third-order valence-corrected chi connectivity index (χ3v) is 5.45. The zero-order valence-electron chi connectivity index (χ0n) is 20.4. The van der Waals surface area contributed by atoms with E-state index in [1.165, 1.54) is 18.1 Å². The predicted molar refractivity (Wildman–Crippen MR) is 127 cm³/mol. The number of benzene rings is 1. The van der Waals surface area contributed by atoms with Gasteiger partial charge in [0, 0.05) is 32.2 Å². The lowest BCUT2D eigenvalue weighted by atomic mass is 10.2. The molecule has 0 bridgehead atoms. The van der Waals surface area contributed by atoms with Gasteiger partial charge in [-0.05, 0) is 45.2 Å². The number of carbonyl (C=O) groups excluding carboxylic acids is 2. The first kappa shape index (κ1) is 25.3. The summed E-state index contributed by atoms with van der Waals surface area (Å²) in [5, 5.41) is 2.79. The van der Waals surface area contributed by atoms with Gasteiger partial charge in [-0.3, -0.25) is 9.69 Å². The lowest BCUT2D eigenvalue weighted by Gasteiger charge is -2.28. The number of methoxy groups -OCH3 is 1. The molecule has 0 radical (unpaired) electrons. The number of nitrogens with one attached hydrogen (secondary N) is 1. The van der Waals surface area contributed by atoms with Crippen LogP contribution in [0.3, 0.4) is 0 Å². The van der Waals surface area contributed by atoms with Crippen LogP contribution in [0.4, 0.5) is 15.0 Å². The molecular weight excluding hydrogens is 439 g/mol. The van der Waals surface area contributed by atoms with Crippen LogP contribution in [0, 0.1) is 5.82 Å². The number of anilines is 1. The van der Waals surface area contributed by atoms with Gasteiger partial charge in [0.15, 0.2) is 11.6 Å². The van der Waals surface area contributed by atoms with Crippen LogP contribution in [0.15, 0.2) is 36.4 Å². The van der Waals surface area contributed by atoms with Gasteiger partial charge in [0.2, 0.25) is 11.8 Å². The van der Waals surface area contributed by atoms with Crippen molar-refractivity contribution in [3.63, 3.8) is 0 Å². The number of hydrogen-bond acceptors (Lipinski definition) is 6. The Hall–Kier alpha value is -3.36. The van der Waals surface area contributed by atoms with Gasteiger partial charge in [-0.1, -0.05) is 30.3 Å². The van der Waals surface area contributed by atoms with Gasteiger partial charge in [0.1, 0.15) is 11.6 Å². The number of aromatic nitrogens is 1. The van der Waals surface area contributed by atoms with Gasteiger partial charge in [-0.15, -0.1) is 0 Å². The number of nitrogens with zero attached hydrogens (tertiary/aromatic N) is 3. The summed E-state index contributed by atoms with van der Waals surface area (Å²) >= 11 is 0. The highest BCUT2D eigenvalue weighted by molar-refractivity contribution is 5.86. The minimum absolute atomic E-state index is 0.0211. The second kappa shape index (κ2) is 10.7. The van der Waals surface area contributed by atoms with Crippen LogP contribution in [-0.2, 0) is 22.6 Å². The van der Waals surface area contributed by atoms with Gasteiger partial charge < -0.3 is 19.7 Å². The van der Waals surface area contributed by atoms with Crippen LogP contribution in [0.25, 0.3) is 0 Å². The Balaban J connectivity index is 1.67. The Kier molecular flexibility index (Phi) is 7.96. The molecule has 34 heavy (non-hydrogen) atoms. The van der Waals surface area contributed by atoms with E-state index in [2.05, 4.69) is 10.3 Å². The molecule has 1 atom stereocenters. The molecule has 1 aromatic carbocycles. The zero-order chi connectivity index (χ0) is 24.9. The molecule has 1 aromatic heterocycles. The van der Waals surface area contributed by atoms with Gasteiger partial charge in [0.25, 0.3) is 0 Å². The number of amides is 2. The maximum Gasteiger partial charge on any atom is 0.410 e. The van der Waals surface area contributed by atoms with Crippen molar-refractivity contribution in [1.29, 1.82) is 0 Å².